The molecule has 162 valence electrons. The Morgan fingerprint density at radius 2 is 1.64 bits per heavy atom. The van der Waals surface area contributed by atoms with Crippen LogP contribution >= 0.6 is 0 Å². The standard InChI is InChI=1S/C31H27NO/c1-17-19-9-7-6-8-18(19)14-23-28-26-21(12-13-32-28)20-10-11-24-27(31(4,5)16-30(24,2)3)22(20)15-25(26)33-29(17)23/h6-15H,16H2,1-5H3. The molecule has 4 aromatic carbocycles. The summed E-state index contributed by atoms with van der Waals surface area (Å²) in [6.07, 6.45) is 3.11. The van der Waals surface area contributed by atoms with Crippen molar-refractivity contribution < 1.29 is 4.74 Å². The zero-order valence-corrected chi connectivity index (χ0v) is 19.8. The van der Waals surface area contributed by atoms with Crippen molar-refractivity contribution in [3.05, 3.63) is 77.5 Å². The average Bonchev–Trinajstić information content (AvgIpc) is 2.98. The molecule has 0 unspecified atom stereocenters. The van der Waals surface area contributed by atoms with Crippen molar-refractivity contribution in [1.82, 2.24) is 4.98 Å². The Morgan fingerprint density at radius 3 is 2.48 bits per heavy atom. The van der Waals surface area contributed by atoms with E-state index in [2.05, 4.69) is 89.2 Å². The number of nitrogens with zero attached hydrogens (tertiary/aromatic N) is 1. The highest BCUT2D eigenvalue weighted by atomic mass is 16.5. The van der Waals surface area contributed by atoms with Crippen LogP contribution in [0.1, 0.15) is 50.8 Å². The highest BCUT2D eigenvalue weighted by Gasteiger charge is 2.43. The van der Waals surface area contributed by atoms with E-state index in [0.717, 1.165) is 34.6 Å². The predicted octanol–water partition coefficient (Wildman–Crippen LogP) is 8.58. The molecule has 5 aromatic rings. The predicted molar refractivity (Wildman–Crippen MR) is 138 cm³/mol. The molecule has 0 atom stereocenters. The Bertz CT molecular complexity index is 1670. The van der Waals surface area contributed by atoms with Crippen LogP contribution in [0.5, 0.6) is 11.5 Å². The SMILES string of the molecule is Cc1c2c(cc3ccccc13)-c1nccc3c1c(cc1c4c(ccc13)C(C)(C)CC4(C)C)O2. The molecule has 2 heterocycles. The molecule has 0 radical (unpaired) electrons. The third kappa shape index (κ3) is 2.36. The zero-order chi connectivity index (χ0) is 22.7. The van der Waals surface area contributed by atoms with Crippen molar-refractivity contribution >= 4 is 32.3 Å². The summed E-state index contributed by atoms with van der Waals surface area (Å²) in [6, 6.07) is 19.9. The van der Waals surface area contributed by atoms with E-state index in [1.54, 1.807) is 0 Å². The van der Waals surface area contributed by atoms with Crippen LogP contribution in [0.2, 0.25) is 0 Å². The number of hydrogen-bond acceptors (Lipinski definition) is 2. The van der Waals surface area contributed by atoms with Crippen LogP contribution in [-0.4, -0.2) is 4.98 Å². The summed E-state index contributed by atoms with van der Waals surface area (Å²) in [5.74, 6) is 1.87. The van der Waals surface area contributed by atoms with Crippen LogP contribution in [0.15, 0.2) is 60.8 Å². The van der Waals surface area contributed by atoms with E-state index in [1.165, 1.54) is 43.6 Å². The fourth-order valence-corrected chi connectivity index (χ4v) is 6.94. The first kappa shape index (κ1) is 19.1. The Hall–Kier alpha value is -3.39. The van der Waals surface area contributed by atoms with Gasteiger partial charge in [0.1, 0.15) is 11.5 Å². The van der Waals surface area contributed by atoms with Gasteiger partial charge >= 0.3 is 0 Å². The third-order valence-corrected chi connectivity index (χ3v) is 8.02. The fraction of sp³-hybridized carbons (Fsp3) is 0.258. The summed E-state index contributed by atoms with van der Waals surface area (Å²) in [5.41, 5.74) is 6.53. The van der Waals surface area contributed by atoms with Crippen LogP contribution in [-0.2, 0) is 10.8 Å². The largest absolute Gasteiger partial charge is 0.456 e. The van der Waals surface area contributed by atoms with Crippen molar-refractivity contribution in [3.8, 4) is 22.8 Å². The molecular formula is C31H27NO. The maximum atomic E-state index is 6.74. The molecule has 2 aliphatic rings. The number of rotatable bonds is 0. The van der Waals surface area contributed by atoms with Gasteiger partial charge in [0.15, 0.2) is 0 Å². The quantitative estimate of drug-likeness (QED) is 0.226. The molecule has 0 fully saturated rings. The molecule has 0 N–H and O–H groups in total. The molecule has 0 bridgehead atoms. The topological polar surface area (TPSA) is 22.1 Å². The second-order valence-electron chi connectivity index (χ2n) is 11.2. The minimum absolute atomic E-state index is 0.118. The van der Waals surface area contributed by atoms with Crippen LogP contribution in [0.4, 0.5) is 0 Å². The lowest BCUT2D eigenvalue weighted by Crippen LogP contribution is -2.18. The molecule has 1 aliphatic heterocycles. The minimum atomic E-state index is 0.118. The summed E-state index contributed by atoms with van der Waals surface area (Å²) in [7, 11) is 0. The molecule has 2 heteroatoms. The summed E-state index contributed by atoms with van der Waals surface area (Å²) in [4.78, 5) is 4.88. The third-order valence-electron chi connectivity index (χ3n) is 8.02. The molecule has 1 aromatic heterocycles. The number of hydrogen-bond donors (Lipinski definition) is 0. The number of pyridine rings is 1. The van der Waals surface area contributed by atoms with E-state index in [1.807, 2.05) is 6.20 Å². The molecule has 33 heavy (non-hydrogen) atoms. The fourth-order valence-electron chi connectivity index (χ4n) is 6.94. The first-order valence-corrected chi connectivity index (χ1v) is 11.9. The summed E-state index contributed by atoms with van der Waals surface area (Å²) < 4.78 is 6.74. The van der Waals surface area contributed by atoms with Gasteiger partial charge in [-0.2, -0.15) is 0 Å². The average molecular weight is 430 g/mol. The molecule has 0 spiro atoms. The summed E-state index contributed by atoms with van der Waals surface area (Å²) >= 11 is 0. The van der Waals surface area contributed by atoms with Crippen molar-refractivity contribution in [2.24, 2.45) is 0 Å². The Morgan fingerprint density at radius 1 is 0.818 bits per heavy atom. The number of aromatic nitrogens is 1. The van der Waals surface area contributed by atoms with Gasteiger partial charge in [-0.15, -0.1) is 0 Å². The highest BCUT2D eigenvalue weighted by molar-refractivity contribution is 6.17. The first-order valence-electron chi connectivity index (χ1n) is 11.9. The lowest BCUT2D eigenvalue weighted by molar-refractivity contribution is 0.404. The lowest BCUT2D eigenvalue weighted by atomic mass is 9.81. The molecule has 1 aliphatic carbocycles. The van der Waals surface area contributed by atoms with Gasteiger partial charge in [-0.1, -0.05) is 64.1 Å². The number of ether oxygens (including phenoxy) is 1. The van der Waals surface area contributed by atoms with Crippen molar-refractivity contribution in [1.29, 1.82) is 0 Å². The van der Waals surface area contributed by atoms with E-state index < -0.39 is 0 Å². The maximum Gasteiger partial charge on any atom is 0.140 e. The minimum Gasteiger partial charge on any atom is -0.456 e. The van der Waals surface area contributed by atoms with E-state index in [0.29, 0.717) is 0 Å². The summed E-state index contributed by atoms with van der Waals surface area (Å²) in [6.45, 7) is 11.7. The number of fused-ring (bicyclic) bond motifs is 7. The monoisotopic (exact) mass is 429 g/mol. The summed E-state index contributed by atoms with van der Waals surface area (Å²) in [5, 5.41) is 7.43. The molecule has 7 rings (SSSR count). The van der Waals surface area contributed by atoms with Gasteiger partial charge in [0.25, 0.3) is 0 Å². The van der Waals surface area contributed by atoms with E-state index in [-0.39, 0.29) is 10.8 Å². The van der Waals surface area contributed by atoms with Crippen molar-refractivity contribution in [2.75, 3.05) is 0 Å². The van der Waals surface area contributed by atoms with Gasteiger partial charge in [0.05, 0.1) is 11.1 Å². The Kier molecular flexibility index (Phi) is 3.44. The smallest absolute Gasteiger partial charge is 0.140 e. The highest BCUT2D eigenvalue weighted by Crippen LogP contribution is 2.55. The second kappa shape index (κ2) is 5.94. The van der Waals surface area contributed by atoms with E-state index >= 15 is 0 Å². The molecule has 0 saturated carbocycles. The normalized spacial score (nSPS) is 17.2. The van der Waals surface area contributed by atoms with Crippen molar-refractivity contribution in [2.45, 2.75) is 51.9 Å². The number of aryl methyl sites for hydroxylation is 1. The molecule has 2 nitrogen and oxygen atoms in total. The van der Waals surface area contributed by atoms with E-state index in [4.69, 9.17) is 9.72 Å². The number of benzene rings is 4. The zero-order valence-electron chi connectivity index (χ0n) is 19.8. The first-order chi connectivity index (χ1) is 15.8. The van der Waals surface area contributed by atoms with Gasteiger partial charge in [-0.3, -0.25) is 4.98 Å². The second-order valence-corrected chi connectivity index (χ2v) is 11.2. The van der Waals surface area contributed by atoms with Crippen LogP contribution in [0.3, 0.4) is 0 Å². The molecular weight excluding hydrogens is 402 g/mol. The van der Waals surface area contributed by atoms with Gasteiger partial charge in [0, 0.05) is 17.3 Å². The van der Waals surface area contributed by atoms with Crippen LogP contribution < -0.4 is 4.74 Å². The molecule has 0 amide bonds. The lowest BCUT2D eigenvalue weighted by Gasteiger charge is -2.26. The Balaban J connectivity index is 1.63. The van der Waals surface area contributed by atoms with Crippen LogP contribution in [0, 0.1) is 6.92 Å². The van der Waals surface area contributed by atoms with Gasteiger partial charge in [-0.05, 0) is 80.4 Å². The van der Waals surface area contributed by atoms with Gasteiger partial charge < -0.3 is 4.74 Å². The van der Waals surface area contributed by atoms with Crippen LogP contribution in [0.25, 0.3) is 43.6 Å². The van der Waals surface area contributed by atoms with E-state index in [9.17, 15) is 0 Å². The maximum absolute atomic E-state index is 6.74. The van der Waals surface area contributed by atoms with Gasteiger partial charge in [0.2, 0.25) is 0 Å². The van der Waals surface area contributed by atoms with Gasteiger partial charge in [-0.25, -0.2) is 0 Å². The van der Waals surface area contributed by atoms with Crippen molar-refractivity contribution in [3.63, 3.8) is 0 Å². The molecule has 0 saturated heterocycles. The Labute approximate surface area is 194 Å².